The Bertz CT molecular complexity index is 545. The van der Waals surface area contributed by atoms with Crippen LogP contribution in [-0.2, 0) is 14.3 Å². The van der Waals surface area contributed by atoms with E-state index < -0.39 is 11.6 Å². The van der Waals surface area contributed by atoms with E-state index in [-0.39, 0.29) is 18.9 Å². The van der Waals surface area contributed by atoms with Crippen LogP contribution in [0, 0.1) is 0 Å². The summed E-state index contributed by atoms with van der Waals surface area (Å²) in [7, 11) is 1.55. The van der Waals surface area contributed by atoms with Gasteiger partial charge in [-0.05, 0) is 25.5 Å². The summed E-state index contributed by atoms with van der Waals surface area (Å²) in [5.74, 6) is -0.429. The van der Waals surface area contributed by atoms with Crippen LogP contribution in [0.2, 0.25) is 0 Å². The van der Waals surface area contributed by atoms with E-state index in [0.29, 0.717) is 24.4 Å². The van der Waals surface area contributed by atoms with Crippen LogP contribution < -0.4 is 9.64 Å². The highest BCUT2D eigenvalue weighted by Gasteiger charge is 2.37. The van der Waals surface area contributed by atoms with Gasteiger partial charge in [0.1, 0.15) is 12.4 Å². The molecule has 1 heterocycles. The first-order valence-electron chi connectivity index (χ1n) is 6.74. The summed E-state index contributed by atoms with van der Waals surface area (Å²) in [4.78, 5) is 24.5. The molecule has 1 fully saturated rings. The van der Waals surface area contributed by atoms with Crippen LogP contribution in [0.5, 0.6) is 5.75 Å². The number of anilines is 1. The molecule has 1 aromatic rings. The monoisotopic (exact) mass is 293 g/mol. The average Bonchev–Trinajstić information content (AvgIpc) is 2.48. The first-order valence-corrected chi connectivity index (χ1v) is 6.74. The fourth-order valence-electron chi connectivity index (χ4n) is 2.38. The lowest BCUT2D eigenvalue weighted by Gasteiger charge is -2.40. The first-order chi connectivity index (χ1) is 9.95. The Balaban J connectivity index is 2.21. The number of aliphatic carboxylic acids is 1. The number of morpholine rings is 1. The summed E-state index contributed by atoms with van der Waals surface area (Å²) in [5.41, 5.74) is 0.00233. The minimum absolute atomic E-state index is 0.00442. The maximum atomic E-state index is 12.1. The Labute approximate surface area is 123 Å². The third-order valence-electron chi connectivity index (χ3n) is 3.58. The number of nitrogens with zero attached hydrogens (tertiary/aromatic N) is 1. The number of methoxy groups -OCH3 is 1. The summed E-state index contributed by atoms with van der Waals surface area (Å²) in [6, 6.07) is 7.25. The number of amides is 1. The lowest BCUT2D eigenvalue weighted by atomic mass is 9.97. The zero-order valence-corrected chi connectivity index (χ0v) is 12.2. The Morgan fingerprint density at radius 1 is 1.48 bits per heavy atom. The summed E-state index contributed by atoms with van der Waals surface area (Å²) in [5, 5.41) is 8.82. The lowest BCUT2D eigenvalue weighted by molar-refractivity contribution is -0.142. The quantitative estimate of drug-likeness (QED) is 0.894. The van der Waals surface area contributed by atoms with E-state index in [1.807, 2.05) is 19.1 Å². The van der Waals surface area contributed by atoms with Crippen molar-refractivity contribution in [3.63, 3.8) is 0 Å². The van der Waals surface area contributed by atoms with E-state index in [1.54, 1.807) is 24.1 Å². The molecule has 1 aliphatic heterocycles. The lowest BCUT2D eigenvalue weighted by Crippen LogP contribution is -2.53. The van der Waals surface area contributed by atoms with Gasteiger partial charge in [0.05, 0.1) is 24.9 Å². The van der Waals surface area contributed by atoms with Crippen molar-refractivity contribution < 1.29 is 24.2 Å². The van der Waals surface area contributed by atoms with Gasteiger partial charge in [-0.3, -0.25) is 9.59 Å². The zero-order valence-electron chi connectivity index (χ0n) is 12.2. The van der Waals surface area contributed by atoms with Gasteiger partial charge in [0.2, 0.25) is 0 Å². The SMILES string of the molecule is COc1ccccc1N1CC(C)(CCC(=O)O)OCC1=O. The van der Waals surface area contributed by atoms with Gasteiger partial charge in [-0.2, -0.15) is 0 Å². The fraction of sp³-hybridized carbons (Fsp3) is 0.467. The highest BCUT2D eigenvalue weighted by Crippen LogP contribution is 2.33. The number of carboxylic acid groups (broad SMARTS) is 1. The molecule has 6 nitrogen and oxygen atoms in total. The van der Waals surface area contributed by atoms with Crippen molar-refractivity contribution in [1.29, 1.82) is 0 Å². The molecule has 0 spiro atoms. The second kappa shape index (κ2) is 6.13. The molecule has 2 rings (SSSR count). The Morgan fingerprint density at radius 3 is 2.86 bits per heavy atom. The average molecular weight is 293 g/mol. The molecule has 0 radical (unpaired) electrons. The predicted octanol–water partition coefficient (Wildman–Crippen LogP) is 1.68. The molecule has 1 atom stereocenters. The van der Waals surface area contributed by atoms with Crippen LogP contribution in [0.1, 0.15) is 19.8 Å². The molecule has 1 aliphatic rings. The van der Waals surface area contributed by atoms with Gasteiger partial charge in [0.25, 0.3) is 5.91 Å². The van der Waals surface area contributed by atoms with E-state index in [4.69, 9.17) is 14.6 Å². The van der Waals surface area contributed by atoms with Crippen LogP contribution in [0.25, 0.3) is 0 Å². The van der Waals surface area contributed by atoms with Crippen molar-refractivity contribution in [3.8, 4) is 5.75 Å². The van der Waals surface area contributed by atoms with Crippen molar-refractivity contribution in [1.82, 2.24) is 0 Å². The second-order valence-corrected chi connectivity index (χ2v) is 5.28. The van der Waals surface area contributed by atoms with Crippen molar-refractivity contribution in [2.24, 2.45) is 0 Å². The number of carbonyl (C=O) groups excluding carboxylic acids is 1. The molecule has 114 valence electrons. The number of carboxylic acids is 1. The maximum absolute atomic E-state index is 12.1. The highest BCUT2D eigenvalue weighted by atomic mass is 16.5. The van der Waals surface area contributed by atoms with Crippen LogP contribution >= 0.6 is 0 Å². The predicted molar refractivity (Wildman–Crippen MR) is 76.6 cm³/mol. The molecule has 0 saturated carbocycles. The molecule has 6 heteroatoms. The number of hydrogen-bond donors (Lipinski definition) is 1. The number of rotatable bonds is 5. The normalized spacial score (nSPS) is 22.2. The van der Waals surface area contributed by atoms with Crippen LogP contribution in [0.3, 0.4) is 0 Å². The van der Waals surface area contributed by atoms with E-state index >= 15 is 0 Å². The summed E-state index contributed by atoms with van der Waals surface area (Å²) >= 11 is 0. The minimum Gasteiger partial charge on any atom is -0.495 e. The Hall–Kier alpha value is -2.08. The molecular formula is C15H19NO5. The fourth-order valence-corrected chi connectivity index (χ4v) is 2.38. The third kappa shape index (κ3) is 3.52. The molecular weight excluding hydrogens is 274 g/mol. The molecule has 21 heavy (non-hydrogen) atoms. The van der Waals surface area contributed by atoms with E-state index in [9.17, 15) is 9.59 Å². The summed E-state index contributed by atoms with van der Waals surface area (Å²) < 4.78 is 10.8. The molecule has 1 amide bonds. The van der Waals surface area contributed by atoms with E-state index in [1.165, 1.54) is 0 Å². The van der Waals surface area contributed by atoms with Gasteiger partial charge in [-0.25, -0.2) is 0 Å². The molecule has 1 saturated heterocycles. The summed E-state index contributed by atoms with van der Waals surface area (Å²) in [6.07, 6.45) is 0.353. The molecule has 1 N–H and O–H groups in total. The minimum atomic E-state index is -0.874. The number of para-hydroxylation sites is 2. The van der Waals surface area contributed by atoms with Gasteiger partial charge >= 0.3 is 5.97 Å². The van der Waals surface area contributed by atoms with Crippen LogP contribution in [0.15, 0.2) is 24.3 Å². The highest BCUT2D eigenvalue weighted by molar-refractivity contribution is 5.96. The second-order valence-electron chi connectivity index (χ2n) is 5.28. The molecule has 1 unspecified atom stereocenters. The van der Waals surface area contributed by atoms with E-state index in [0.717, 1.165) is 0 Å². The van der Waals surface area contributed by atoms with Crippen molar-refractivity contribution >= 4 is 17.6 Å². The van der Waals surface area contributed by atoms with E-state index in [2.05, 4.69) is 0 Å². The topological polar surface area (TPSA) is 76.1 Å². The standard InChI is InChI=1S/C15H19NO5/c1-15(8-7-14(18)19)10-16(13(17)9-21-15)11-5-3-4-6-12(11)20-2/h3-6H,7-10H2,1-2H3,(H,18,19). The van der Waals surface area contributed by atoms with Crippen molar-refractivity contribution in [3.05, 3.63) is 24.3 Å². The van der Waals surface area contributed by atoms with Gasteiger partial charge in [0.15, 0.2) is 0 Å². The number of carbonyl (C=O) groups is 2. The molecule has 0 aromatic heterocycles. The first kappa shape index (κ1) is 15.3. The summed E-state index contributed by atoms with van der Waals surface area (Å²) in [6.45, 7) is 2.07. The maximum Gasteiger partial charge on any atom is 0.303 e. The van der Waals surface area contributed by atoms with Crippen LogP contribution in [0.4, 0.5) is 5.69 Å². The number of benzene rings is 1. The Kier molecular flexibility index (Phi) is 4.47. The number of hydrogen-bond acceptors (Lipinski definition) is 4. The van der Waals surface area contributed by atoms with Crippen molar-refractivity contribution in [2.45, 2.75) is 25.4 Å². The Morgan fingerprint density at radius 2 is 2.19 bits per heavy atom. The zero-order chi connectivity index (χ0) is 15.5. The van der Waals surface area contributed by atoms with Gasteiger partial charge in [-0.15, -0.1) is 0 Å². The molecule has 1 aromatic carbocycles. The largest absolute Gasteiger partial charge is 0.495 e. The van der Waals surface area contributed by atoms with Gasteiger partial charge < -0.3 is 19.5 Å². The number of ether oxygens (including phenoxy) is 2. The van der Waals surface area contributed by atoms with Crippen molar-refractivity contribution in [2.75, 3.05) is 25.2 Å². The van der Waals surface area contributed by atoms with Gasteiger partial charge in [-0.1, -0.05) is 12.1 Å². The third-order valence-corrected chi connectivity index (χ3v) is 3.58. The smallest absolute Gasteiger partial charge is 0.303 e. The van der Waals surface area contributed by atoms with Gasteiger partial charge in [0, 0.05) is 6.42 Å². The van der Waals surface area contributed by atoms with Crippen LogP contribution in [-0.4, -0.2) is 42.8 Å². The molecule has 0 aliphatic carbocycles. The molecule has 0 bridgehead atoms.